The van der Waals surface area contributed by atoms with Crippen molar-refractivity contribution in [1.29, 1.82) is 0 Å². The Labute approximate surface area is 97.3 Å². The number of hydrogen-bond acceptors (Lipinski definition) is 4. The van der Waals surface area contributed by atoms with Crippen LogP contribution in [0.15, 0.2) is 0 Å². The molecule has 0 aromatic rings. The fraction of sp³-hybridized carbons (Fsp3) is 1.00. The second-order valence-corrected chi connectivity index (χ2v) is 5.97. The molecule has 0 radical (unpaired) electrons. The Bertz CT molecular complexity index is 295. The fourth-order valence-corrected chi connectivity index (χ4v) is 3.41. The monoisotopic (exact) mass is 278 g/mol. The molecule has 2 unspecified atom stereocenters. The molecule has 1 saturated carbocycles. The molecular formula is C10H15BrO4. The van der Waals surface area contributed by atoms with Gasteiger partial charge in [-0.3, -0.25) is 0 Å². The van der Waals surface area contributed by atoms with E-state index in [9.17, 15) is 0 Å². The van der Waals surface area contributed by atoms with E-state index in [0.29, 0.717) is 4.83 Å². The van der Waals surface area contributed by atoms with Gasteiger partial charge in [0.1, 0.15) is 17.8 Å². The smallest absolute Gasteiger partial charge is 0.187 e. The van der Waals surface area contributed by atoms with Crippen LogP contribution in [0, 0.1) is 0 Å². The van der Waals surface area contributed by atoms with Gasteiger partial charge in [-0.25, -0.2) is 0 Å². The second kappa shape index (κ2) is 2.96. The zero-order valence-corrected chi connectivity index (χ0v) is 10.6. The van der Waals surface area contributed by atoms with Crippen molar-refractivity contribution in [3.8, 4) is 0 Å². The van der Waals surface area contributed by atoms with E-state index in [1.165, 1.54) is 0 Å². The summed E-state index contributed by atoms with van der Waals surface area (Å²) in [5.41, 5.74) is -0.223. The van der Waals surface area contributed by atoms with Crippen LogP contribution in [0.4, 0.5) is 0 Å². The van der Waals surface area contributed by atoms with Crippen molar-refractivity contribution < 1.29 is 18.9 Å². The highest BCUT2D eigenvalue weighted by molar-refractivity contribution is 9.09. The summed E-state index contributed by atoms with van der Waals surface area (Å²) in [6.07, 6.45) is 0.543. The molecule has 2 saturated heterocycles. The average Bonchev–Trinajstić information content (AvgIpc) is 2.53. The third kappa shape index (κ3) is 1.34. The Balaban J connectivity index is 1.88. The average molecular weight is 279 g/mol. The van der Waals surface area contributed by atoms with Crippen LogP contribution >= 0.6 is 15.9 Å². The number of rotatable bonds is 1. The maximum atomic E-state index is 5.90. The first-order valence-corrected chi connectivity index (χ1v) is 6.10. The molecule has 5 atom stereocenters. The summed E-state index contributed by atoms with van der Waals surface area (Å²) >= 11 is 3.58. The first-order chi connectivity index (χ1) is 6.98. The lowest BCUT2D eigenvalue weighted by Crippen LogP contribution is -2.33. The van der Waals surface area contributed by atoms with E-state index in [1.54, 1.807) is 7.11 Å². The first-order valence-electron chi connectivity index (χ1n) is 5.19. The van der Waals surface area contributed by atoms with Crippen LogP contribution in [0.1, 0.15) is 20.3 Å². The number of fused-ring (bicyclic) bond motifs is 2. The van der Waals surface area contributed by atoms with Gasteiger partial charge >= 0.3 is 0 Å². The largest absolute Gasteiger partial charge is 0.353 e. The van der Waals surface area contributed by atoms with E-state index in [-0.39, 0.29) is 24.1 Å². The van der Waals surface area contributed by atoms with Gasteiger partial charge in [-0.05, 0) is 20.3 Å². The van der Waals surface area contributed by atoms with Crippen molar-refractivity contribution in [3.63, 3.8) is 0 Å². The third-order valence-electron chi connectivity index (χ3n) is 3.32. The van der Waals surface area contributed by atoms with E-state index < -0.39 is 5.79 Å². The number of hydrogen-bond donors (Lipinski definition) is 0. The highest BCUT2D eigenvalue weighted by atomic mass is 79.9. The Morgan fingerprint density at radius 2 is 1.93 bits per heavy atom. The summed E-state index contributed by atoms with van der Waals surface area (Å²) in [5.74, 6) is -0.530. The molecule has 0 aromatic heterocycles. The van der Waals surface area contributed by atoms with Crippen molar-refractivity contribution in [2.45, 2.75) is 55.0 Å². The molecule has 15 heavy (non-hydrogen) atoms. The van der Waals surface area contributed by atoms with E-state index in [4.69, 9.17) is 18.9 Å². The maximum Gasteiger partial charge on any atom is 0.187 e. The van der Waals surface area contributed by atoms with Crippen LogP contribution in [-0.4, -0.2) is 41.8 Å². The minimum atomic E-state index is -0.530. The standard InChI is InChI=1S/C10H15BrO4/c1-9(2)13-6-7(14-9)10(4-5(10)11)15-8(6)12-3/h5-8H,4H2,1-3H3/t5?,6-,7?,8+,10-/m0/s1. The molecule has 1 aliphatic carbocycles. The summed E-state index contributed by atoms with van der Waals surface area (Å²) in [7, 11) is 1.64. The van der Waals surface area contributed by atoms with Crippen molar-refractivity contribution in [2.75, 3.05) is 7.11 Å². The molecule has 0 bridgehead atoms. The molecule has 0 amide bonds. The predicted molar refractivity (Wildman–Crippen MR) is 55.8 cm³/mol. The van der Waals surface area contributed by atoms with Gasteiger partial charge in [-0.1, -0.05) is 15.9 Å². The zero-order chi connectivity index (χ0) is 10.8. The number of ether oxygens (including phenoxy) is 4. The molecule has 0 aromatic carbocycles. The van der Waals surface area contributed by atoms with Crippen LogP contribution in [0.25, 0.3) is 0 Å². The van der Waals surface area contributed by atoms with E-state index in [1.807, 2.05) is 13.8 Å². The van der Waals surface area contributed by atoms with Crippen LogP contribution in [0.2, 0.25) is 0 Å². The van der Waals surface area contributed by atoms with Crippen molar-refractivity contribution in [1.82, 2.24) is 0 Å². The number of halogens is 1. The molecule has 1 spiro atoms. The van der Waals surface area contributed by atoms with Crippen LogP contribution in [0.5, 0.6) is 0 Å². The van der Waals surface area contributed by atoms with Crippen LogP contribution in [-0.2, 0) is 18.9 Å². The molecule has 3 rings (SSSR count). The van der Waals surface area contributed by atoms with Gasteiger partial charge in [0.15, 0.2) is 12.1 Å². The van der Waals surface area contributed by atoms with Crippen molar-refractivity contribution in [3.05, 3.63) is 0 Å². The van der Waals surface area contributed by atoms with Gasteiger partial charge in [0.2, 0.25) is 0 Å². The molecule has 2 heterocycles. The minimum absolute atomic E-state index is 0.0122. The third-order valence-corrected chi connectivity index (χ3v) is 4.41. The molecule has 3 aliphatic rings. The highest BCUT2D eigenvalue weighted by Gasteiger charge is 2.73. The van der Waals surface area contributed by atoms with Gasteiger partial charge in [0, 0.05) is 11.9 Å². The maximum absolute atomic E-state index is 5.90. The van der Waals surface area contributed by atoms with Crippen molar-refractivity contribution in [2.24, 2.45) is 0 Å². The topological polar surface area (TPSA) is 36.9 Å². The summed E-state index contributed by atoms with van der Waals surface area (Å²) < 4.78 is 22.9. The number of alkyl halides is 1. The Kier molecular flexibility index (Phi) is 2.06. The number of methoxy groups -OCH3 is 1. The lowest BCUT2D eigenvalue weighted by molar-refractivity contribution is -0.231. The molecular weight excluding hydrogens is 264 g/mol. The summed E-state index contributed by atoms with van der Waals surface area (Å²) in [6, 6.07) is 0. The van der Waals surface area contributed by atoms with E-state index in [2.05, 4.69) is 15.9 Å². The SMILES string of the molecule is CO[C@@H]1O[C@]2(CC2Br)C2OC(C)(C)O[C@@H]21. The summed E-state index contributed by atoms with van der Waals surface area (Å²) in [6.45, 7) is 3.86. The first kappa shape index (κ1) is 10.5. The lowest BCUT2D eigenvalue weighted by Gasteiger charge is -2.23. The van der Waals surface area contributed by atoms with Gasteiger partial charge < -0.3 is 18.9 Å². The van der Waals surface area contributed by atoms with Crippen LogP contribution in [0.3, 0.4) is 0 Å². The zero-order valence-electron chi connectivity index (χ0n) is 9.03. The Morgan fingerprint density at radius 1 is 1.27 bits per heavy atom. The van der Waals surface area contributed by atoms with Gasteiger partial charge in [-0.15, -0.1) is 0 Å². The second-order valence-electron chi connectivity index (χ2n) is 4.87. The molecule has 3 fully saturated rings. The molecule has 2 aliphatic heterocycles. The fourth-order valence-electron chi connectivity index (χ4n) is 2.54. The molecule has 0 N–H and O–H groups in total. The lowest BCUT2D eigenvalue weighted by atomic mass is 10.1. The van der Waals surface area contributed by atoms with Gasteiger partial charge in [0.05, 0.1) is 0 Å². The van der Waals surface area contributed by atoms with E-state index >= 15 is 0 Å². The summed E-state index contributed by atoms with van der Waals surface area (Å²) in [4.78, 5) is 0.357. The van der Waals surface area contributed by atoms with Crippen molar-refractivity contribution >= 4 is 15.9 Å². The molecule has 4 nitrogen and oxygen atoms in total. The Hall–Kier alpha value is 0.320. The quantitative estimate of drug-likeness (QED) is 0.680. The summed E-state index contributed by atoms with van der Waals surface area (Å²) in [5, 5.41) is 0. The molecule has 86 valence electrons. The Morgan fingerprint density at radius 3 is 2.47 bits per heavy atom. The van der Waals surface area contributed by atoms with E-state index in [0.717, 1.165) is 6.42 Å². The predicted octanol–water partition coefficient (Wildman–Crippen LogP) is 1.42. The molecule has 5 heteroatoms. The van der Waals surface area contributed by atoms with Crippen LogP contribution < -0.4 is 0 Å². The van der Waals surface area contributed by atoms with Gasteiger partial charge in [0.25, 0.3) is 0 Å². The highest BCUT2D eigenvalue weighted by Crippen LogP contribution is 2.59. The minimum Gasteiger partial charge on any atom is -0.353 e. The van der Waals surface area contributed by atoms with Gasteiger partial charge in [-0.2, -0.15) is 0 Å². The normalized spacial score (nSPS) is 56.0.